The fraction of sp³-hybridized carbons (Fsp3) is 1.00. The predicted octanol–water partition coefficient (Wildman–Crippen LogP) is -1.21. The molecule has 13 heavy (non-hydrogen) atoms. The van der Waals surface area contributed by atoms with Gasteiger partial charge in [0.05, 0.1) is 0 Å². The van der Waals surface area contributed by atoms with Crippen LogP contribution in [0.5, 0.6) is 0 Å². The maximum Gasteiger partial charge on any atom is 0.170 e. The summed E-state index contributed by atoms with van der Waals surface area (Å²) in [5.41, 5.74) is 5.41. The first-order chi connectivity index (χ1) is 6.16. The molecule has 1 atom stereocenters. The van der Waals surface area contributed by atoms with Crippen LogP contribution in [0.15, 0.2) is 0 Å². The van der Waals surface area contributed by atoms with E-state index in [9.17, 15) is 0 Å². The standard InChI is InChI=1S/C6H23NO2Si4/c1-12(2)9-11-13(3)8-10-6-4-5-7/h12-13H,4-7,10-11H2,1-3H3. The molecule has 0 aliphatic carbocycles. The average Bonchev–Trinajstić information content (AvgIpc) is 2.09. The summed E-state index contributed by atoms with van der Waals surface area (Å²) in [6.07, 6.45) is 1.15. The van der Waals surface area contributed by atoms with Crippen molar-refractivity contribution in [3.8, 4) is 0 Å². The van der Waals surface area contributed by atoms with Gasteiger partial charge in [-0.2, -0.15) is 0 Å². The van der Waals surface area contributed by atoms with Gasteiger partial charge in [0.25, 0.3) is 0 Å². The highest BCUT2D eigenvalue weighted by molar-refractivity contribution is 7.08. The van der Waals surface area contributed by atoms with Crippen molar-refractivity contribution in [1.29, 1.82) is 0 Å². The van der Waals surface area contributed by atoms with Gasteiger partial charge in [0, 0.05) is 0 Å². The van der Waals surface area contributed by atoms with Gasteiger partial charge in [-0.3, -0.25) is 0 Å². The Morgan fingerprint density at radius 3 is 2.46 bits per heavy atom. The van der Waals surface area contributed by atoms with Gasteiger partial charge in [-0.1, -0.05) is 6.55 Å². The van der Waals surface area contributed by atoms with E-state index in [0.717, 1.165) is 13.0 Å². The number of nitrogens with two attached hydrogens (primary N) is 1. The van der Waals surface area contributed by atoms with Crippen LogP contribution in [0.2, 0.25) is 25.7 Å². The van der Waals surface area contributed by atoms with Gasteiger partial charge >= 0.3 is 0 Å². The molecule has 0 aliphatic heterocycles. The van der Waals surface area contributed by atoms with Crippen LogP contribution in [0.1, 0.15) is 6.42 Å². The largest absolute Gasteiger partial charge is 0.463 e. The van der Waals surface area contributed by atoms with Crippen molar-refractivity contribution in [3.05, 3.63) is 0 Å². The highest BCUT2D eigenvalue weighted by Crippen LogP contribution is 1.91. The molecule has 7 heteroatoms. The highest BCUT2D eigenvalue weighted by atomic mass is 29.2. The Kier molecular flexibility index (Phi) is 9.84. The summed E-state index contributed by atoms with van der Waals surface area (Å²) in [4.78, 5) is 0. The van der Waals surface area contributed by atoms with E-state index in [1.807, 2.05) is 0 Å². The summed E-state index contributed by atoms with van der Waals surface area (Å²) in [5, 5.41) is 0. The second kappa shape index (κ2) is 9.31. The molecule has 0 rings (SSSR count). The molecule has 0 spiro atoms. The lowest BCUT2D eigenvalue weighted by Gasteiger charge is -2.13. The zero-order valence-electron chi connectivity index (χ0n) is 9.08. The molecule has 0 amide bonds. The van der Waals surface area contributed by atoms with E-state index in [0.29, 0.717) is 0 Å². The summed E-state index contributed by atoms with van der Waals surface area (Å²) < 4.78 is 11.6. The van der Waals surface area contributed by atoms with Gasteiger partial charge in [0.15, 0.2) is 26.9 Å². The summed E-state index contributed by atoms with van der Waals surface area (Å²) in [6.45, 7) is 7.58. The second-order valence-corrected chi connectivity index (χ2v) is 15.8. The number of hydrogen-bond acceptors (Lipinski definition) is 3. The quantitative estimate of drug-likeness (QED) is 0.436. The minimum Gasteiger partial charge on any atom is -0.463 e. The molecule has 0 aliphatic rings. The Labute approximate surface area is 89.5 Å². The molecule has 2 N–H and O–H groups in total. The first-order valence-electron chi connectivity index (χ1n) is 5.10. The van der Waals surface area contributed by atoms with Gasteiger partial charge in [0.1, 0.15) is 9.76 Å². The third-order valence-corrected chi connectivity index (χ3v) is 14.8. The van der Waals surface area contributed by atoms with Gasteiger partial charge in [-0.25, -0.2) is 0 Å². The lowest BCUT2D eigenvalue weighted by atomic mass is 10.5. The van der Waals surface area contributed by atoms with Crippen LogP contribution in [-0.4, -0.2) is 43.2 Å². The Hall–Kier alpha value is 0.748. The van der Waals surface area contributed by atoms with Gasteiger partial charge in [0.2, 0.25) is 0 Å². The van der Waals surface area contributed by atoms with Crippen molar-refractivity contribution in [1.82, 2.24) is 0 Å². The van der Waals surface area contributed by atoms with Crippen molar-refractivity contribution in [2.45, 2.75) is 32.1 Å². The molecule has 0 aromatic rings. The molecular weight excluding hydrogens is 230 g/mol. The van der Waals surface area contributed by atoms with Gasteiger partial charge in [-0.15, -0.1) is 0 Å². The molecule has 0 heterocycles. The fourth-order valence-corrected chi connectivity index (χ4v) is 15.0. The van der Waals surface area contributed by atoms with Crippen molar-refractivity contribution >= 4 is 36.6 Å². The van der Waals surface area contributed by atoms with Crippen molar-refractivity contribution < 1.29 is 8.23 Å². The van der Waals surface area contributed by atoms with Crippen molar-refractivity contribution in [3.63, 3.8) is 0 Å². The Morgan fingerprint density at radius 2 is 1.92 bits per heavy atom. The van der Waals surface area contributed by atoms with Crippen molar-refractivity contribution in [2.24, 2.45) is 5.73 Å². The van der Waals surface area contributed by atoms with E-state index in [1.54, 1.807) is 0 Å². The van der Waals surface area contributed by atoms with E-state index in [2.05, 4.69) is 19.6 Å². The summed E-state index contributed by atoms with van der Waals surface area (Å²) in [6, 6.07) is 1.25. The second-order valence-electron chi connectivity index (χ2n) is 3.56. The topological polar surface area (TPSA) is 44.5 Å². The molecule has 0 radical (unpaired) electrons. The number of hydrogen-bond donors (Lipinski definition) is 1. The molecule has 0 saturated heterocycles. The van der Waals surface area contributed by atoms with E-state index in [-0.39, 0.29) is 19.0 Å². The van der Waals surface area contributed by atoms with Crippen LogP contribution >= 0.6 is 0 Å². The first-order valence-corrected chi connectivity index (χ1v) is 14.9. The first kappa shape index (κ1) is 13.7. The number of rotatable bonds is 8. The van der Waals surface area contributed by atoms with Crippen LogP contribution in [0.3, 0.4) is 0 Å². The van der Waals surface area contributed by atoms with Crippen LogP contribution in [-0.2, 0) is 8.23 Å². The van der Waals surface area contributed by atoms with E-state index >= 15 is 0 Å². The summed E-state index contributed by atoms with van der Waals surface area (Å²) in [7, 11) is -2.09. The monoisotopic (exact) mass is 253 g/mol. The van der Waals surface area contributed by atoms with E-state index < -0.39 is 17.6 Å². The normalized spacial score (nSPS) is 15.5. The molecule has 0 aromatic carbocycles. The molecular formula is C6H23NO2Si4. The van der Waals surface area contributed by atoms with E-state index in [1.165, 1.54) is 6.04 Å². The maximum absolute atomic E-state index is 5.88. The van der Waals surface area contributed by atoms with Crippen LogP contribution in [0, 0.1) is 0 Å². The fourth-order valence-electron chi connectivity index (χ4n) is 0.907. The highest BCUT2D eigenvalue weighted by Gasteiger charge is 2.06. The van der Waals surface area contributed by atoms with Gasteiger partial charge in [-0.05, 0) is 32.1 Å². The minimum absolute atomic E-state index is 0.240. The Bertz CT molecular complexity index is 117. The zero-order chi connectivity index (χ0) is 10.1. The Balaban J connectivity index is 3.15. The van der Waals surface area contributed by atoms with Gasteiger partial charge < -0.3 is 14.0 Å². The minimum atomic E-state index is -0.829. The lowest BCUT2D eigenvalue weighted by Crippen LogP contribution is -2.30. The van der Waals surface area contributed by atoms with Crippen molar-refractivity contribution in [2.75, 3.05) is 6.54 Å². The third-order valence-electron chi connectivity index (χ3n) is 1.67. The van der Waals surface area contributed by atoms with Crippen LogP contribution < -0.4 is 5.73 Å². The SMILES string of the molecule is C[SiH](C)O[SiH2][SiH](C)O[SiH2]CCCN. The predicted molar refractivity (Wildman–Crippen MR) is 69.6 cm³/mol. The van der Waals surface area contributed by atoms with Crippen LogP contribution in [0.25, 0.3) is 0 Å². The molecule has 0 aromatic heterocycles. The molecule has 0 fully saturated rings. The summed E-state index contributed by atoms with van der Waals surface area (Å²) >= 11 is 0. The zero-order valence-corrected chi connectivity index (χ0v) is 14.2. The lowest BCUT2D eigenvalue weighted by molar-refractivity contribution is 0.596. The van der Waals surface area contributed by atoms with Crippen LogP contribution in [0.4, 0.5) is 0 Å². The third kappa shape index (κ3) is 10.7. The molecule has 0 saturated carbocycles. The smallest absolute Gasteiger partial charge is 0.170 e. The van der Waals surface area contributed by atoms with E-state index in [4.69, 9.17) is 14.0 Å². The maximum atomic E-state index is 5.88. The molecule has 3 nitrogen and oxygen atoms in total. The Morgan fingerprint density at radius 1 is 1.23 bits per heavy atom. The molecule has 1 unspecified atom stereocenters. The summed E-state index contributed by atoms with van der Waals surface area (Å²) in [5.74, 6) is 0. The molecule has 80 valence electrons. The average molecular weight is 254 g/mol. The molecule has 0 bridgehead atoms.